The molecule has 20 heavy (non-hydrogen) atoms. The molecule has 0 heterocycles. The number of amides is 1. The number of carbonyl (C=O) groups excluding carboxylic acids is 2. The molecule has 0 saturated heterocycles. The molecule has 1 amide bonds. The first-order valence-electron chi connectivity index (χ1n) is 5.34. The number of hydrogen-bond acceptors (Lipinski definition) is 6. The summed E-state index contributed by atoms with van der Waals surface area (Å²) in [5.41, 5.74) is -0.308. The third-order valence-electron chi connectivity index (χ3n) is 2.39. The molecule has 0 radical (unpaired) electrons. The lowest BCUT2D eigenvalue weighted by molar-refractivity contribution is -0.385. The van der Waals surface area contributed by atoms with Crippen LogP contribution in [0.2, 0.25) is 0 Å². The maximum Gasteiger partial charge on any atom is 0.330 e. The van der Waals surface area contributed by atoms with E-state index in [9.17, 15) is 19.7 Å². The van der Waals surface area contributed by atoms with Crippen molar-refractivity contribution in [2.45, 2.75) is 6.04 Å². The van der Waals surface area contributed by atoms with Crippen LogP contribution < -0.4 is 5.32 Å². The topological polar surface area (TPSA) is 119 Å². The number of carbonyl (C=O) groups is 2. The first-order valence-corrected chi connectivity index (χ1v) is 6.14. The fourth-order valence-corrected chi connectivity index (χ4v) is 1.98. The molecule has 8 nitrogen and oxygen atoms in total. The highest BCUT2D eigenvalue weighted by Crippen LogP contribution is 2.28. The Labute approximate surface area is 122 Å². The molecule has 0 spiro atoms. The van der Waals surface area contributed by atoms with E-state index in [1.54, 1.807) is 0 Å². The van der Waals surface area contributed by atoms with Gasteiger partial charge in [-0.1, -0.05) is 6.07 Å². The van der Waals surface area contributed by atoms with Gasteiger partial charge >= 0.3 is 5.97 Å². The smallest absolute Gasteiger partial charge is 0.330 e. The Morgan fingerprint density at radius 1 is 1.55 bits per heavy atom. The van der Waals surface area contributed by atoms with Crippen molar-refractivity contribution in [2.24, 2.45) is 0 Å². The Bertz CT molecular complexity index is 548. The zero-order valence-electron chi connectivity index (χ0n) is 10.3. The average Bonchev–Trinajstić information content (AvgIpc) is 2.43. The van der Waals surface area contributed by atoms with Crippen LogP contribution in [-0.4, -0.2) is 41.7 Å². The van der Waals surface area contributed by atoms with Crippen molar-refractivity contribution < 1.29 is 24.4 Å². The molecule has 9 heteroatoms. The van der Waals surface area contributed by atoms with Crippen LogP contribution in [0.15, 0.2) is 22.7 Å². The first kappa shape index (κ1) is 16.1. The molecule has 0 aromatic heterocycles. The minimum atomic E-state index is -1.24. The van der Waals surface area contributed by atoms with E-state index in [1.165, 1.54) is 18.2 Å². The number of nitrogens with zero attached hydrogens (tertiary/aromatic N) is 1. The van der Waals surface area contributed by atoms with E-state index >= 15 is 0 Å². The lowest BCUT2D eigenvalue weighted by Gasteiger charge is -2.14. The Balaban J connectivity index is 3.01. The van der Waals surface area contributed by atoms with Crippen molar-refractivity contribution in [1.29, 1.82) is 0 Å². The normalized spacial score (nSPS) is 11.6. The Hall–Kier alpha value is -2.00. The molecule has 108 valence electrons. The number of esters is 1. The fourth-order valence-electron chi connectivity index (χ4n) is 1.39. The molecule has 1 atom stereocenters. The Morgan fingerprint density at radius 3 is 2.70 bits per heavy atom. The molecular weight excluding hydrogens is 336 g/mol. The molecular formula is C11H11BrN2O6. The largest absolute Gasteiger partial charge is 0.467 e. The number of halogens is 1. The SMILES string of the molecule is COC(=O)C(CO)NC(=O)c1cccc([N+](=O)[O-])c1Br. The zero-order valence-corrected chi connectivity index (χ0v) is 11.9. The number of nitrogens with one attached hydrogen (secondary N) is 1. The molecule has 0 aliphatic heterocycles. The molecule has 0 bridgehead atoms. The minimum Gasteiger partial charge on any atom is -0.467 e. The Morgan fingerprint density at radius 2 is 2.20 bits per heavy atom. The van der Waals surface area contributed by atoms with Crippen LogP contribution in [0.5, 0.6) is 0 Å². The predicted octanol–water partition coefficient (Wildman–Crippen LogP) is 0.621. The zero-order chi connectivity index (χ0) is 15.3. The van der Waals surface area contributed by atoms with E-state index in [4.69, 9.17) is 5.11 Å². The van der Waals surface area contributed by atoms with Crippen LogP contribution in [-0.2, 0) is 9.53 Å². The van der Waals surface area contributed by atoms with Crippen LogP contribution in [0.4, 0.5) is 5.69 Å². The second-order valence-electron chi connectivity index (χ2n) is 3.63. The summed E-state index contributed by atoms with van der Waals surface area (Å²) in [6, 6.07) is 2.67. The summed E-state index contributed by atoms with van der Waals surface area (Å²) in [7, 11) is 1.11. The number of aliphatic hydroxyl groups is 1. The quantitative estimate of drug-likeness (QED) is 0.458. The number of ether oxygens (including phenoxy) is 1. The molecule has 0 fully saturated rings. The van der Waals surface area contributed by atoms with E-state index in [2.05, 4.69) is 26.0 Å². The number of benzene rings is 1. The van der Waals surface area contributed by atoms with Gasteiger partial charge in [-0.05, 0) is 22.0 Å². The third kappa shape index (κ3) is 3.52. The fraction of sp³-hybridized carbons (Fsp3) is 0.273. The van der Waals surface area contributed by atoms with Crippen molar-refractivity contribution in [3.05, 3.63) is 38.3 Å². The van der Waals surface area contributed by atoms with E-state index in [1.807, 2.05) is 0 Å². The van der Waals surface area contributed by atoms with Gasteiger partial charge in [0.05, 0.1) is 24.2 Å². The lowest BCUT2D eigenvalue weighted by Crippen LogP contribution is -2.44. The first-order chi connectivity index (χ1) is 9.42. The Kier molecular flexibility index (Phi) is 5.59. The molecule has 0 aliphatic carbocycles. The maximum absolute atomic E-state index is 11.9. The standard InChI is InChI=1S/C11H11BrN2O6/c1-20-11(17)7(5-15)13-10(16)6-3-2-4-8(9(6)12)14(18)19/h2-4,7,15H,5H2,1H3,(H,13,16). The molecule has 1 unspecified atom stereocenters. The van der Waals surface area contributed by atoms with Gasteiger partial charge in [-0.25, -0.2) is 4.79 Å². The van der Waals surface area contributed by atoms with Crippen LogP contribution in [0.1, 0.15) is 10.4 Å². The van der Waals surface area contributed by atoms with Crippen molar-refractivity contribution in [3.63, 3.8) is 0 Å². The van der Waals surface area contributed by atoms with Gasteiger partial charge in [0.25, 0.3) is 11.6 Å². The van der Waals surface area contributed by atoms with Gasteiger partial charge in [-0.15, -0.1) is 0 Å². The van der Waals surface area contributed by atoms with Gasteiger partial charge in [-0.2, -0.15) is 0 Å². The highest BCUT2D eigenvalue weighted by molar-refractivity contribution is 9.10. The average molecular weight is 347 g/mol. The summed E-state index contributed by atoms with van der Waals surface area (Å²) in [5, 5.41) is 22.0. The van der Waals surface area contributed by atoms with Gasteiger partial charge in [0.15, 0.2) is 6.04 Å². The second kappa shape index (κ2) is 6.96. The molecule has 2 N–H and O–H groups in total. The van der Waals surface area contributed by atoms with Crippen molar-refractivity contribution >= 4 is 33.5 Å². The second-order valence-corrected chi connectivity index (χ2v) is 4.42. The van der Waals surface area contributed by atoms with Crippen LogP contribution in [0.3, 0.4) is 0 Å². The summed E-state index contributed by atoms with van der Waals surface area (Å²) in [4.78, 5) is 33.3. The summed E-state index contributed by atoms with van der Waals surface area (Å²) < 4.78 is 4.39. The highest BCUT2D eigenvalue weighted by atomic mass is 79.9. The van der Waals surface area contributed by atoms with Crippen LogP contribution in [0.25, 0.3) is 0 Å². The van der Waals surface area contributed by atoms with E-state index < -0.39 is 29.4 Å². The summed E-state index contributed by atoms with van der Waals surface area (Å²) >= 11 is 2.97. The number of aliphatic hydroxyl groups excluding tert-OH is 1. The number of methoxy groups -OCH3 is 1. The summed E-state index contributed by atoms with van der Waals surface area (Å²) in [5.74, 6) is -1.56. The number of hydrogen-bond donors (Lipinski definition) is 2. The van der Waals surface area contributed by atoms with Gasteiger partial charge in [0.1, 0.15) is 4.47 Å². The highest BCUT2D eigenvalue weighted by Gasteiger charge is 2.24. The third-order valence-corrected chi connectivity index (χ3v) is 3.23. The van der Waals surface area contributed by atoms with Gasteiger partial charge in [0, 0.05) is 6.07 Å². The van der Waals surface area contributed by atoms with Crippen LogP contribution >= 0.6 is 15.9 Å². The predicted molar refractivity (Wildman–Crippen MR) is 71.2 cm³/mol. The number of nitro groups is 1. The van der Waals surface area contributed by atoms with E-state index in [0.717, 1.165) is 7.11 Å². The molecule has 0 saturated carbocycles. The van der Waals surface area contributed by atoms with E-state index in [0.29, 0.717) is 0 Å². The lowest BCUT2D eigenvalue weighted by atomic mass is 10.1. The summed E-state index contributed by atoms with van der Waals surface area (Å²) in [6.07, 6.45) is 0. The van der Waals surface area contributed by atoms with Gasteiger partial charge < -0.3 is 15.2 Å². The molecule has 1 aromatic rings. The van der Waals surface area contributed by atoms with Crippen LogP contribution in [0, 0.1) is 10.1 Å². The van der Waals surface area contributed by atoms with Crippen molar-refractivity contribution in [2.75, 3.05) is 13.7 Å². The molecule has 1 aromatic carbocycles. The van der Waals surface area contributed by atoms with Crippen molar-refractivity contribution in [1.82, 2.24) is 5.32 Å². The van der Waals surface area contributed by atoms with Crippen molar-refractivity contribution in [3.8, 4) is 0 Å². The molecule has 0 aliphatic rings. The minimum absolute atomic E-state index is 0.0101. The number of nitro benzene ring substituents is 1. The van der Waals surface area contributed by atoms with Gasteiger partial charge in [-0.3, -0.25) is 14.9 Å². The van der Waals surface area contributed by atoms with Gasteiger partial charge in [0.2, 0.25) is 0 Å². The monoisotopic (exact) mass is 346 g/mol. The number of rotatable bonds is 5. The van der Waals surface area contributed by atoms with E-state index in [-0.39, 0.29) is 15.7 Å². The summed E-state index contributed by atoms with van der Waals surface area (Å²) in [6.45, 7) is -0.648. The maximum atomic E-state index is 11.9. The molecule has 1 rings (SSSR count).